The van der Waals surface area contributed by atoms with Crippen LogP contribution in [0.2, 0.25) is 0 Å². The van der Waals surface area contributed by atoms with E-state index in [1.54, 1.807) is 0 Å². The molecule has 1 aromatic carbocycles. The van der Waals surface area contributed by atoms with Gasteiger partial charge >= 0.3 is 5.97 Å². The normalized spacial score (nSPS) is 19.0. The number of thioether (sulfide) groups is 1. The standard InChI is InChI=1S/C17H25NO2S/c1-3-13(2)21-12-11-17(16(19)20,18-15-9-10-15)14-7-5-4-6-8-14/h4-8,13,15,18H,3,9-12H2,1-2H3,(H,19,20). The highest BCUT2D eigenvalue weighted by atomic mass is 32.2. The highest BCUT2D eigenvalue weighted by molar-refractivity contribution is 7.99. The van der Waals surface area contributed by atoms with Crippen LogP contribution >= 0.6 is 11.8 Å². The number of rotatable bonds is 9. The lowest BCUT2D eigenvalue weighted by Gasteiger charge is -2.32. The van der Waals surface area contributed by atoms with Crippen molar-refractivity contribution in [1.29, 1.82) is 0 Å². The van der Waals surface area contributed by atoms with Crippen LogP contribution in [0.4, 0.5) is 0 Å². The molecule has 0 heterocycles. The minimum absolute atomic E-state index is 0.356. The highest BCUT2D eigenvalue weighted by Crippen LogP contribution is 2.33. The molecule has 1 aromatic rings. The van der Waals surface area contributed by atoms with Crippen molar-refractivity contribution in [2.45, 2.75) is 56.4 Å². The van der Waals surface area contributed by atoms with Gasteiger partial charge in [0.2, 0.25) is 0 Å². The van der Waals surface area contributed by atoms with Gasteiger partial charge in [-0.05, 0) is 37.0 Å². The Balaban J connectivity index is 2.17. The first-order valence-corrected chi connectivity index (χ1v) is 8.81. The first kappa shape index (κ1) is 16.4. The van der Waals surface area contributed by atoms with Crippen molar-refractivity contribution in [3.8, 4) is 0 Å². The molecule has 0 spiro atoms. The van der Waals surface area contributed by atoms with Gasteiger partial charge in [0, 0.05) is 11.3 Å². The minimum Gasteiger partial charge on any atom is -0.480 e. The van der Waals surface area contributed by atoms with Crippen LogP contribution < -0.4 is 5.32 Å². The zero-order chi connectivity index (χ0) is 15.3. The molecular formula is C17H25NO2S. The van der Waals surface area contributed by atoms with Gasteiger partial charge in [0.15, 0.2) is 0 Å². The molecule has 1 aliphatic rings. The molecule has 2 N–H and O–H groups in total. The fourth-order valence-electron chi connectivity index (χ4n) is 2.42. The van der Waals surface area contributed by atoms with E-state index in [9.17, 15) is 9.90 Å². The largest absolute Gasteiger partial charge is 0.480 e. The van der Waals surface area contributed by atoms with E-state index in [1.165, 1.54) is 0 Å². The molecule has 2 rings (SSSR count). The van der Waals surface area contributed by atoms with Crippen LogP contribution in [0.15, 0.2) is 30.3 Å². The molecule has 116 valence electrons. The second-order valence-electron chi connectivity index (χ2n) is 5.83. The summed E-state index contributed by atoms with van der Waals surface area (Å²) in [6.45, 7) is 4.37. The molecule has 0 aromatic heterocycles. The number of hydrogen-bond donors (Lipinski definition) is 2. The minimum atomic E-state index is -0.942. The lowest BCUT2D eigenvalue weighted by atomic mass is 9.87. The fourth-order valence-corrected chi connectivity index (χ4v) is 3.48. The van der Waals surface area contributed by atoms with E-state index < -0.39 is 11.5 Å². The van der Waals surface area contributed by atoms with Crippen LogP contribution in [0.5, 0.6) is 0 Å². The summed E-state index contributed by atoms with van der Waals surface area (Å²) < 4.78 is 0. The van der Waals surface area contributed by atoms with Crippen molar-refractivity contribution >= 4 is 17.7 Å². The third-order valence-corrected chi connectivity index (χ3v) is 5.46. The molecule has 1 saturated carbocycles. The Morgan fingerprint density at radius 3 is 2.62 bits per heavy atom. The van der Waals surface area contributed by atoms with Gasteiger partial charge in [0.05, 0.1) is 0 Å². The van der Waals surface area contributed by atoms with Gasteiger partial charge in [0.25, 0.3) is 0 Å². The molecule has 0 bridgehead atoms. The molecule has 2 unspecified atom stereocenters. The predicted molar refractivity (Wildman–Crippen MR) is 88.7 cm³/mol. The number of aliphatic carboxylic acids is 1. The van der Waals surface area contributed by atoms with Crippen molar-refractivity contribution in [2.75, 3.05) is 5.75 Å². The summed E-state index contributed by atoms with van der Waals surface area (Å²) >= 11 is 1.86. The van der Waals surface area contributed by atoms with Gasteiger partial charge in [0.1, 0.15) is 5.54 Å². The number of carboxylic acids is 1. The van der Waals surface area contributed by atoms with Crippen LogP contribution in [-0.2, 0) is 10.3 Å². The molecule has 0 amide bonds. The molecule has 0 aliphatic heterocycles. The zero-order valence-corrected chi connectivity index (χ0v) is 13.7. The Bertz CT molecular complexity index is 461. The molecule has 2 atom stereocenters. The maximum atomic E-state index is 12.1. The summed E-state index contributed by atoms with van der Waals surface area (Å²) in [5, 5.41) is 13.9. The van der Waals surface area contributed by atoms with Crippen molar-refractivity contribution in [3.05, 3.63) is 35.9 Å². The number of hydrogen-bond acceptors (Lipinski definition) is 3. The number of carboxylic acid groups (broad SMARTS) is 1. The van der Waals surface area contributed by atoms with E-state index in [4.69, 9.17) is 0 Å². The van der Waals surface area contributed by atoms with Crippen LogP contribution in [0.25, 0.3) is 0 Å². The van der Waals surface area contributed by atoms with Crippen molar-refractivity contribution in [3.63, 3.8) is 0 Å². The molecule has 1 aliphatic carbocycles. The number of carbonyl (C=O) groups is 1. The third kappa shape index (κ3) is 4.24. The highest BCUT2D eigenvalue weighted by Gasteiger charge is 2.43. The van der Waals surface area contributed by atoms with Gasteiger partial charge < -0.3 is 5.11 Å². The lowest BCUT2D eigenvalue weighted by molar-refractivity contribution is -0.145. The smallest absolute Gasteiger partial charge is 0.328 e. The molecular weight excluding hydrogens is 282 g/mol. The number of benzene rings is 1. The molecule has 1 fully saturated rings. The topological polar surface area (TPSA) is 49.3 Å². The van der Waals surface area contributed by atoms with Crippen molar-refractivity contribution in [1.82, 2.24) is 5.32 Å². The van der Waals surface area contributed by atoms with Crippen molar-refractivity contribution in [2.24, 2.45) is 0 Å². The van der Waals surface area contributed by atoms with Crippen LogP contribution in [0.3, 0.4) is 0 Å². The Labute approximate surface area is 131 Å². The average Bonchev–Trinajstić information content (AvgIpc) is 3.30. The van der Waals surface area contributed by atoms with E-state index in [0.29, 0.717) is 17.7 Å². The van der Waals surface area contributed by atoms with E-state index in [0.717, 1.165) is 30.6 Å². The molecule has 21 heavy (non-hydrogen) atoms. The van der Waals surface area contributed by atoms with Gasteiger partial charge in [-0.15, -0.1) is 0 Å². The predicted octanol–water partition coefficient (Wildman–Crippen LogP) is 3.64. The van der Waals surface area contributed by atoms with E-state index in [2.05, 4.69) is 19.2 Å². The monoisotopic (exact) mass is 307 g/mol. The SMILES string of the molecule is CCC(C)SCCC(NC1CC1)(C(=O)O)c1ccccc1. The van der Waals surface area contributed by atoms with Crippen molar-refractivity contribution < 1.29 is 9.90 Å². The van der Waals surface area contributed by atoms with E-state index >= 15 is 0 Å². The first-order valence-electron chi connectivity index (χ1n) is 7.76. The maximum absolute atomic E-state index is 12.1. The zero-order valence-electron chi connectivity index (χ0n) is 12.8. The molecule has 4 heteroatoms. The second-order valence-corrected chi connectivity index (χ2v) is 7.38. The Morgan fingerprint density at radius 2 is 2.10 bits per heavy atom. The summed E-state index contributed by atoms with van der Waals surface area (Å²) in [5.41, 5.74) is -0.0720. The Kier molecular flexibility index (Phi) is 5.71. The lowest BCUT2D eigenvalue weighted by Crippen LogP contribution is -2.50. The first-order chi connectivity index (χ1) is 10.1. The quantitative estimate of drug-likeness (QED) is 0.731. The van der Waals surface area contributed by atoms with Crippen LogP contribution in [0.1, 0.15) is 45.1 Å². The molecule has 0 radical (unpaired) electrons. The van der Waals surface area contributed by atoms with E-state index in [-0.39, 0.29) is 0 Å². The van der Waals surface area contributed by atoms with Gasteiger partial charge in [-0.2, -0.15) is 11.8 Å². The van der Waals surface area contributed by atoms with Gasteiger partial charge in [-0.25, -0.2) is 4.79 Å². The van der Waals surface area contributed by atoms with Crippen LogP contribution in [0, 0.1) is 0 Å². The fraction of sp³-hybridized carbons (Fsp3) is 0.588. The van der Waals surface area contributed by atoms with Crippen LogP contribution in [-0.4, -0.2) is 28.1 Å². The molecule has 3 nitrogen and oxygen atoms in total. The summed E-state index contributed by atoms with van der Waals surface area (Å²) in [6, 6.07) is 9.98. The Hall–Kier alpha value is -1.00. The van der Waals surface area contributed by atoms with Gasteiger partial charge in [-0.1, -0.05) is 44.2 Å². The second kappa shape index (κ2) is 7.32. The maximum Gasteiger partial charge on any atom is 0.328 e. The summed E-state index contributed by atoms with van der Waals surface area (Å²) in [5.74, 6) is 0.0981. The van der Waals surface area contributed by atoms with E-state index in [1.807, 2.05) is 42.1 Å². The summed E-state index contributed by atoms with van der Waals surface area (Å²) in [6.07, 6.45) is 3.91. The Morgan fingerprint density at radius 1 is 1.43 bits per heavy atom. The molecule has 0 saturated heterocycles. The third-order valence-electron chi connectivity index (χ3n) is 4.11. The summed E-state index contributed by atoms with van der Waals surface area (Å²) in [4.78, 5) is 12.1. The number of nitrogens with one attached hydrogen (secondary N) is 1. The summed E-state index contributed by atoms with van der Waals surface area (Å²) in [7, 11) is 0. The average molecular weight is 307 g/mol. The van der Waals surface area contributed by atoms with Gasteiger partial charge in [-0.3, -0.25) is 5.32 Å².